The first kappa shape index (κ1) is 8.24. The molecule has 1 nitrogen and oxygen atoms in total. The van der Waals surface area contributed by atoms with Crippen LogP contribution in [-0.2, 0) is 0 Å². The van der Waals surface area contributed by atoms with Gasteiger partial charge in [0.05, 0.1) is 6.10 Å². The molecule has 0 radical (unpaired) electrons. The Labute approximate surface area is 72.8 Å². The second-order valence-electron chi connectivity index (χ2n) is 2.12. The molecule has 0 saturated heterocycles. The van der Waals surface area contributed by atoms with Gasteiger partial charge in [0.25, 0.3) is 0 Å². The van der Waals surface area contributed by atoms with E-state index in [1.807, 2.05) is 19.1 Å². The molecular formula is C7H9BrOS. The lowest BCUT2D eigenvalue weighted by Gasteiger charge is -2.00. The topological polar surface area (TPSA) is 20.2 Å². The van der Waals surface area contributed by atoms with Gasteiger partial charge in [-0.25, -0.2) is 0 Å². The average Bonchev–Trinajstić information content (AvgIpc) is 2.34. The number of hydrogen-bond acceptors (Lipinski definition) is 2. The van der Waals surface area contributed by atoms with Crippen molar-refractivity contribution in [1.29, 1.82) is 0 Å². The summed E-state index contributed by atoms with van der Waals surface area (Å²) in [5.41, 5.74) is 0. The van der Waals surface area contributed by atoms with E-state index in [1.165, 1.54) is 4.88 Å². The van der Waals surface area contributed by atoms with E-state index in [9.17, 15) is 5.11 Å². The summed E-state index contributed by atoms with van der Waals surface area (Å²) in [4.78, 5) is 2.28. The maximum absolute atomic E-state index is 9.31. The van der Waals surface area contributed by atoms with Crippen LogP contribution >= 0.6 is 27.3 Å². The van der Waals surface area contributed by atoms with Gasteiger partial charge < -0.3 is 5.11 Å². The molecular weight excluding hydrogens is 212 g/mol. The summed E-state index contributed by atoms with van der Waals surface area (Å²) in [6.07, 6.45) is -0.335. The minimum Gasteiger partial charge on any atom is -0.387 e. The fourth-order valence-electron chi connectivity index (χ4n) is 0.709. The van der Waals surface area contributed by atoms with Crippen molar-refractivity contribution < 1.29 is 5.11 Å². The number of aryl methyl sites for hydroxylation is 1. The molecule has 0 aliphatic rings. The van der Waals surface area contributed by atoms with E-state index in [-0.39, 0.29) is 6.10 Å². The smallest absolute Gasteiger partial charge is 0.0978 e. The lowest BCUT2D eigenvalue weighted by Crippen LogP contribution is -1.93. The normalized spacial score (nSPS) is 13.5. The lowest BCUT2D eigenvalue weighted by molar-refractivity contribution is 0.209. The zero-order valence-electron chi connectivity index (χ0n) is 5.67. The first-order valence-electron chi connectivity index (χ1n) is 3.04. The molecule has 1 heterocycles. The molecule has 1 aromatic heterocycles. The second kappa shape index (κ2) is 3.51. The number of rotatable bonds is 2. The summed E-state index contributed by atoms with van der Waals surface area (Å²) >= 11 is 4.86. The Morgan fingerprint density at radius 2 is 2.40 bits per heavy atom. The van der Waals surface area contributed by atoms with Crippen LogP contribution in [0.4, 0.5) is 0 Å². The van der Waals surface area contributed by atoms with Crippen LogP contribution < -0.4 is 0 Å². The maximum Gasteiger partial charge on any atom is 0.0978 e. The third-order valence-corrected chi connectivity index (χ3v) is 2.95. The van der Waals surface area contributed by atoms with Crippen LogP contribution in [0.2, 0.25) is 0 Å². The molecule has 3 heteroatoms. The summed E-state index contributed by atoms with van der Waals surface area (Å²) < 4.78 is 0. The molecule has 1 N–H and O–H groups in total. The number of aliphatic hydroxyl groups excluding tert-OH is 1. The van der Waals surface area contributed by atoms with Crippen LogP contribution in [0.1, 0.15) is 15.9 Å². The Bertz CT molecular complexity index is 209. The minimum atomic E-state index is -0.335. The molecule has 0 aromatic carbocycles. The van der Waals surface area contributed by atoms with Crippen molar-refractivity contribution in [2.45, 2.75) is 13.0 Å². The van der Waals surface area contributed by atoms with Crippen molar-refractivity contribution in [2.75, 3.05) is 5.33 Å². The number of alkyl halides is 1. The van der Waals surface area contributed by atoms with E-state index >= 15 is 0 Å². The number of halogens is 1. The fourth-order valence-corrected chi connectivity index (χ4v) is 2.13. The predicted molar refractivity (Wildman–Crippen MR) is 47.8 cm³/mol. The summed E-state index contributed by atoms with van der Waals surface area (Å²) in [6.45, 7) is 2.04. The van der Waals surface area contributed by atoms with Crippen LogP contribution in [0.3, 0.4) is 0 Å². The summed E-state index contributed by atoms with van der Waals surface area (Å²) in [5.74, 6) is 0. The highest BCUT2D eigenvalue weighted by Crippen LogP contribution is 2.23. The van der Waals surface area contributed by atoms with E-state index in [2.05, 4.69) is 15.9 Å². The van der Waals surface area contributed by atoms with Gasteiger partial charge in [-0.1, -0.05) is 15.9 Å². The summed E-state index contributed by atoms with van der Waals surface area (Å²) in [7, 11) is 0. The Hall–Kier alpha value is 0.140. The molecule has 1 atom stereocenters. The van der Waals surface area contributed by atoms with Crippen molar-refractivity contribution in [1.82, 2.24) is 0 Å². The van der Waals surface area contributed by atoms with Gasteiger partial charge >= 0.3 is 0 Å². The molecule has 56 valence electrons. The zero-order chi connectivity index (χ0) is 7.56. The second-order valence-corrected chi connectivity index (χ2v) is 4.09. The van der Waals surface area contributed by atoms with Crippen LogP contribution in [0, 0.1) is 6.92 Å². The molecule has 0 aliphatic heterocycles. The predicted octanol–water partition coefficient (Wildman–Crippen LogP) is 2.48. The molecule has 0 aliphatic carbocycles. The van der Waals surface area contributed by atoms with Crippen LogP contribution in [-0.4, -0.2) is 10.4 Å². The van der Waals surface area contributed by atoms with Crippen molar-refractivity contribution in [2.24, 2.45) is 0 Å². The molecule has 0 spiro atoms. The first-order chi connectivity index (χ1) is 4.74. The standard InChI is InChI=1S/C7H9BrOS/c1-5-2-3-7(10-5)6(9)4-8/h2-3,6,9H,4H2,1H3. The third kappa shape index (κ3) is 1.81. The van der Waals surface area contributed by atoms with Crippen molar-refractivity contribution >= 4 is 27.3 Å². The largest absolute Gasteiger partial charge is 0.387 e. The quantitative estimate of drug-likeness (QED) is 0.760. The maximum atomic E-state index is 9.31. The highest BCUT2D eigenvalue weighted by atomic mass is 79.9. The SMILES string of the molecule is Cc1ccc(C(O)CBr)s1. The van der Waals surface area contributed by atoms with Gasteiger partial charge in [-0.2, -0.15) is 0 Å². The van der Waals surface area contributed by atoms with Crippen LogP contribution in [0.5, 0.6) is 0 Å². The van der Waals surface area contributed by atoms with Crippen LogP contribution in [0.15, 0.2) is 12.1 Å². The Morgan fingerprint density at radius 1 is 1.70 bits per heavy atom. The van der Waals surface area contributed by atoms with E-state index in [0.29, 0.717) is 5.33 Å². The Balaban J connectivity index is 2.74. The molecule has 0 saturated carbocycles. The molecule has 1 aromatic rings. The van der Waals surface area contributed by atoms with Gasteiger partial charge in [-0.15, -0.1) is 11.3 Å². The van der Waals surface area contributed by atoms with Gasteiger partial charge in [0.15, 0.2) is 0 Å². The molecule has 0 bridgehead atoms. The first-order valence-corrected chi connectivity index (χ1v) is 4.98. The summed E-state index contributed by atoms with van der Waals surface area (Å²) in [6, 6.07) is 3.98. The number of hydrogen-bond donors (Lipinski definition) is 1. The Morgan fingerprint density at radius 3 is 2.80 bits per heavy atom. The van der Waals surface area contributed by atoms with E-state index in [4.69, 9.17) is 0 Å². The van der Waals surface area contributed by atoms with Gasteiger partial charge in [-0.05, 0) is 19.1 Å². The average molecular weight is 221 g/mol. The number of thiophene rings is 1. The lowest BCUT2D eigenvalue weighted by atomic mass is 10.3. The van der Waals surface area contributed by atoms with Gasteiger partial charge in [0.2, 0.25) is 0 Å². The van der Waals surface area contributed by atoms with Crippen molar-refractivity contribution in [3.05, 3.63) is 21.9 Å². The molecule has 0 amide bonds. The molecule has 1 unspecified atom stereocenters. The Kier molecular flexibility index (Phi) is 2.89. The van der Waals surface area contributed by atoms with Crippen molar-refractivity contribution in [3.63, 3.8) is 0 Å². The molecule has 10 heavy (non-hydrogen) atoms. The fraction of sp³-hybridized carbons (Fsp3) is 0.429. The molecule has 0 fully saturated rings. The molecule has 1 rings (SSSR count). The van der Waals surface area contributed by atoms with Gasteiger partial charge in [0, 0.05) is 15.1 Å². The van der Waals surface area contributed by atoms with E-state index in [0.717, 1.165) is 4.88 Å². The monoisotopic (exact) mass is 220 g/mol. The van der Waals surface area contributed by atoms with Gasteiger partial charge in [-0.3, -0.25) is 0 Å². The van der Waals surface area contributed by atoms with Crippen molar-refractivity contribution in [3.8, 4) is 0 Å². The third-order valence-electron chi connectivity index (χ3n) is 1.24. The van der Waals surface area contributed by atoms with Gasteiger partial charge in [0.1, 0.15) is 0 Å². The highest BCUT2D eigenvalue weighted by Gasteiger charge is 2.06. The minimum absolute atomic E-state index is 0.335. The number of aliphatic hydroxyl groups is 1. The van der Waals surface area contributed by atoms with E-state index < -0.39 is 0 Å². The van der Waals surface area contributed by atoms with Crippen LogP contribution in [0.25, 0.3) is 0 Å². The van der Waals surface area contributed by atoms with E-state index in [1.54, 1.807) is 11.3 Å². The summed E-state index contributed by atoms with van der Waals surface area (Å²) in [5, 5.41) is 9.92. The zero-order valence-corrected chi connectivity index (χ0v) is 8.08. The highest BCUT2D eigenvalue weighted by molar-refractivity contribution is 9.09.